The molecule has 0 radical (unpaired) electrons. The van der Waals surface area contributed by atoms with Crippen LogP contribution in [0, 0.1) is 11.6 Å². The van der Waals surface area contributed by atoms with Crippen molar-refractivity contribution in [2.45, 2.75) is 0 Å². The van der Waals surface area contributed by atoms with Gasteiger partial charge in [-0.3, -0.25) is 4.79 Å². The van der Waals surface area contributed by atoms with Crippen LogP contribution >= 0.6 is 27.5 Å². The van der Waals surface area contributed by atoms with Gasteiger partial charge in [-0.05, 0) is 30.3 Å². The van der Waals surface area contributed by atoms with Crippen molar-refractivity contribution < 1.29 is 18.3 Å². The van der Waals surface area contributed by atoms with E-state index in [0.717, 1.165) is 16.6 Å². The molecule has 2 rings (SSSR count). The van der Waals surface area contributed by atoms with Gasteiger partial charge in [0.25, 0.3) is 5.91 Å². The van der Waals surface area contributed by atoms with Crippen LogP contribution in [0.15, 0.2) is 40.9 Å². The summed E-state index contributed by atoms with van der Waals surface area (Å²) in [5.74, 6) is -2.30. The second kappa shape index (κ2) is 6.87. The predicted molar refractivity (Wildman–Crippen MR) is 79.6 cm³/mol. The van der Waals surface area contributed by atoms with Gasteiger partial charge in [0.05, 0.1) is 10.7 Å². The summed E-state index contributed by atoms with van der Waals surface area (Å²) in [7, 11) is 0. The number of amides is 1. The van der Waals surface area contributed by atoms with Crippen molar-refractivity contribution in [1.29, 1.82) is 0 Å². The van der Waals surface area contributed by atoms with Crippen LogP contribution in [0.3, 0.4) is 0 Å². The summed E-state index contributed by atoms with van der Waals surface area (Å²) >= 11 is 9.19. The zero-order valence-electron chi connectivity index (χ0n) is 10.5. The molecule has 0 aliphatic carbocycles. The highest BCUT2D eigenvalue weighted by atomic mass is 79.9. The monoisotopic (exact) mass is 375 g/mol. The van der Waals surface area contributed by atoms with Crippen LogP contribution in [0.5, 0.6) is 5.75 Å². The van der Waals surface area contributed by atoms with Crippen molar-refractivity contribution in [3.05, 3.63) is 57.5 Å². The maximum Gasteiger partial charge on any atom is 0.262 e. The average molecular weight is 377 g/mol. The second-order valence-corrected chi connectivity index (χ2v) is 5.36. The summed E-state index contributed by atoms with van der Waals surface area (Å²) in [5.41, 5.74) is 0.410. The Bertz CT molecular complexity index is 682. The van der Waals surface area contributed by atoms with Gasteiger partial charge in [-0.15, -0.1) is 0 Å². The Morgan fingerprint density at radius 1 is 1.24 bits per heavy atom. The lowest BCUT2D eigenvalue weighted by Gasteiger charge is -2.09. The number of hydrogen-bond donors (Lipinski definition) is 1. The fourth-order valence-corrected chi connectivity index (χ4v) is 2.23. The zero-order valence-corrected chi connectivity index (χ0v) is 12.8. The fourth-order valence-electron chi connectivity index (χ4n) is 1.51. The van der Waals surface area contributed by atoms with E-state index in [1.54, 1.807) is 18.2 Å². The number of anilines is 1. The molecule has 2 aromatic rings. The van der Waals surface area contributed by atoms with Crippen molar-refractivity contribution in [2.24, 2.45) is 0 Å². The minimum absolute atomic E-state index is 0.201. The van der Waals surface area contributed by atoms with Crippen molar-refractivity contribution in [3.8, 4) is 5.75 Å². The van der Waals surface area contributed by atoms with Crippen molar-refractivity contribution in [2.75, 3.05) is 11.9 Å². The topological polar surface area (TPSA) is 38.3 Å². The maximum absolute atomic E-state index is 13.3. The quantitative estimate of drug-likeness (QED) is 0.859. The molecule has 0 aliphatic rings. The Kier molecular flexibility index (Phi) is 5.14. The van der Waals surface area contributed by atoms with Crippen molar-refractivity contribution in [1.82, 2.24) is 0 Å². The minimum atomic E-state index is -0.871. The molecule has 0 saturated carbocycles. The molecule has 0 spiro atoms. The molecule has 0 atom stereocenters. The smallest absolute Gasteiger partial charge is 0.262 e. The Morgan fingerprint density at radius 3 is 2.67 bits per heavy atom. The highest BCUT2D eigenvalue weighted by Crippen LogP contribution is 2.25. The largest absolute Gasteiger partial charge is 0.481 e. The number of carbonyl (C=O) groups is 1. The van der Waals surface area contributed by atoms with E-state index in [1.807, 2.05) is 0 Å². The Labute approximate surface area is 133 Å². The van der Waals surface area contributed by atoms with Crippen LogP contribution in [0.4, 0.5) is 14.5 Å². The molecule has 3 nitrogen and oxygen atoms in total. The summed E-state index contributed by atoms with van der Waals surface area (Å²) < 4.78 is 31.8. The number of halogens is 4. The Morgan fingerprint density at radius 2 is 2.00 bits per heavy atom. The molecule has 21 heavy (non-hydrogen) atoms. The molecule has 2 aromatic carbocycles. The molecule has 0 aromatic heterocycles. The molecule has 7 heteroatoms. The van der Waals surface area contributed by atoms with Crippen LogP contribution in [-0.4, -0.2) is 12.5 Å². The Hall–Kier alpha value is -1.66. The molecule has 0 aliphatic heterocycles. The van der Waals surface area contributed by atoms with Gasteiger partial charge < -0.3 is 10.1 Å². The van der Waals surface area contributed by atoms with E-state index in [1.165, 1.54) is 0 Å². The third-order valence-corrected chi connectivity index (χ3v) is 3.26. The van der Waals surface area contributed by atoms with Crippen LogP contribution in [-0.2, 0) is 4.79 Å². The number of nitrogens with one attached hydrogen (secondary N) is 1. The van der Waals surface area contributed by atoms with E-state index in [9.17, 15) is 13.6 Å². The average Bonchev–Trinajstić information content (AvgIpc) is 2.41. The van der Waals surface area contributed by atoms with Crippen LogP contribution in [0.2, 0.25) is 5.02 Å². The van der Waals surface area contributed by atoms with Crippen molar-refractivity contribution in [3.63, 3.8) is 0 Å². The summed E-state index contributed by atoms with van der Waals surface area (Å²) in [6.45, 7) is -0.422. The summed E-state index contributed by atoms with van der Waals surface area (Å²) in [6.07, 6.45) is 0. The molecule has 0 bridgehead atoms. The molecule has 0 fully saturated rings. The lowest BCUT2D eigenvalue weighted by Crippen LogP contribution is -2.20. The maximum atomic E-state index is 13.3. The van der Waals surface area contributed by atoms with Crippen LogP contribution in [0.1, 0.15) is 0 Å². The van der Waals surface area contributed by atoms with E-state index in [4.69, 9.17) is 16.3 Å². The minimum Gasteiger partial charge on any atom is -0.481 e. The summed E-state index contributed by atoms with van der Waals surface area (Å²) in [6, 6.07) is 7.79. The predicted octanol–water partition coefficient (Wildman–Crippen LogP) is 4.40. The first-order valence-electron chi connectivity index (χ1n) is 5.78. The summed E-state index contributed by atoms with van der Waals surface area (Å²) in [4.78, 5) is 11.7. The number of benzene rings is 2. The first kappa shape index (κ1) is 15.7. The van der Waals surface area contributed by atoms with Gasteiger partial charge in [0.1, 0.15) is 5.82 Å². The van der Waals surface area contributed by atoms with Crippen molar-refractivity contribution >= 4 is 39.1 Å². The highest BCUT2D eigenvalue weighted by molar-refractivity contribution is 9.10. The van der Waals surface area contributed by atoms with Gasteiger partial charge >= 0.3 is 0 Å². The Balaban J connectivity index is 1.96. The van der Waals surface area contributed by atoms with Gasteiger partial charge in [0, 0.05) is 10.5 Å². The molecule has 0 heterocycles. The molecule has 1 N–H and O–H groups in total. The van der Waals surface area contributed by atoms with Crippen LogP contribution < -0.4 is 10.1 Å². The van der Waals surface area contributed by atoms with Gasteiger partial charge in [-0.25, -0.2) is 8.78 Å². The molecule has 1 amide bonds. The molecular formula is C14H9BrClF2NO2. The van der Waals surface area contributed by atoms with E-state index in [-0.39, 0.29) is 5.75 Å². The second-order valence-electron chi connectivity index (χ2n) is 4.04. The normalized spacial score (nSPS) is 10.3. The number of carbonyl (C=O) groups excluding carboxylic acids is 1. The molecule has 110 valence electrons. The lowest BCUT2D eigenvalue weighted by atomic mass is 10.3. The zero-order chi connectivity index (χ0) is 15.4. The molecule has 0 unspecified atom stereocenters. The fraction of sp³-hybridized carbons (Fsp3) is 0.0714. The van der Waals surface area contributed by atoms with Gasteiger partial charge in [-0.1, -0.05) is 27.5 Å². The number of ether oxygens (including phenoxy) is 1. The third-order valence-electron chi connectivity index (χ3n) is 2.46. The highest BCUT2D eigenvalue weighted by Gasteiger charge is 2.10. The van der Waals surface area contributed by atoms with Crippen LogP contribution in [0.25, 0.3) is 0 Å². The van der Waals surface area contributed by atoms with E-state index < -0.39 is 24.1 Å². The molecule has 0 saturated heterocycles. The SMILES string of the molecule is O=C(COc1ccc(F)cc1F)Nc1ccc(Br)cc1Cl. The molecular weight excluding hydrogens is 368 g/mol. The summed E-state index contributed by atoms with van der Waals surface area (Å²) in [5, 5.41) is 2.88. The first-order chi connectivity index (χ1) is 9.95. The lowest BCUT2D eigenvalue weighted by molar-refractivity contribution is -0.118. The number of hydrogen-bond acceptors (Lipinski definition) is 2. The van der Waals surface area contributed by atoms with Gasteiger partial charge in [-0.2, -0.15) is 0 Å². The van der Waals surface area contributed by atoms with Gasteiger partial charge in [0.15, 0.2) is 18.2 Å². The van der Waals surface area contributed by atoms with E-state index in [0.29, 0.717) is 16.8 Å². The standard InChI is InChI=1S/C14H9BrClF2NO2/c15-8-1-3-12(10(16)5-8)19-14(20)7-21-13-4-2-9(17)6-11(13)18/h1-6H,7H2,(H,19,20). The van der Waals surface area contributed by atoms with Gasteiger partial charge in [0.2, 0.25) is 0 Å². The third kappa shape index (κ3) is 4.41. The van der Waals surface area contributed by atoms with E-state index in [2.05, 4.69) is 21.2 Å². The number of rotatable bonds is 4. The van der Waals surface area contributed by atoms with E-state index >= 15 is 0 Å². The first-order valence-corrected chi connectivity index (χ1v) is 6.95.